The summed E-state index contributed by atoms with van der Waals surface area (Å²) in [5, 5.41) is 10.9. The van der Waals surface area contributed by atoms with Crippen molar-refractivity contribution in [2.45, 2.75) is 13.5 Å². The van der Waals surface area contributed by atoms with Gasteiger partial charge >= 0.3 is 0 Å². The van der Waals surface area contributed by atoms with Gasteiger partial charge in [-0.25, -0.2) is 4.98 Å². The van der Waals surface area contributed by atoms with Crippen molar-refractivity contribution in [3.8, 4) is 11.4 Å². The molecule has 0 bridgehead atoms. The van der Waals surface area contributed by atoms with Gasteiger partial charge in [0.1, 0.15) is 5.82 Å². The van der Waals surface area contributed by atoms with Gasteiger partial charge in [-0.1, -0.05) is 36.4 Å². The van der Waals surface area contributed by atoms with Gasteiger partial charge in [-0.3, -0.25) is 10.1 Å². The highest BCUT2D eigenvalue weighted by Crippen LogP contribution is 2.28. The van der Waals surface area contributed by atoms with Gasteiger partial charge in [0.2, 0.25) is 0 Å². The number of anilines is 1. The van der Waals surface area contributed by atoms with Crippen LogP contribution in [0.2, 0.25) is 0 Å². The number of hydrogen-bond acceptors (Lipinski definition) is 4. The molecule has 27 heavy (non-hydrogen) atoms. The second kappa shape index (κ2) is 6.57. The van der Waals surface area contributed by atoms with Gasteiger partial charge < -0.3 is 10.3 Å². The van der Waals surface area contributed by atoms with E-state index in [1.54, 1.807) is 12.1 Å². The van der Waals surface area contributed by atoms with Crippen LogP contribution in [-0.4, -0.2) is 14.5 Å². The molecular weight excluding hydrogens is 340 g/mol. The smallest absolute Gasteiger partial charge is 0.269 e. The Labute approximate surface area is 156 Å². The molecule has 0 fully saturated rings. The topological polar surface area (TPSA) is 87.0 Å². The maximum Gasteiger partial charge on any atom is 0.269 e. The molecular formula is C21H18N4O2. The van der Waals surface area contributed by atoms with Crippen molar-refractivity contribution in [1.29, 1.82) is 0 Å². The fraction of sp³-hybridized carbons (Fsp3) is 0.0952. The number of hydrogen-bond donors (Lipinski definition) is 1. The number of aromatic nitrogens is 2. The van der Waals surface area contributed by atoms with Crippen LogP contribution in [0.15, 0.2) is 66.7 Å². The second-order valence-electron chi connectivity index (χ2n) is 6.51. The Bertz CT molecular complexity index is 1150. The first-order valence-corrected chi connectivity index (χ1v) is 8.58. The summed E-state index contributed by atoms with van der Waals surface area (Å²) in [6, 6.07) is 20.5. The molecule has 4 rings (SSSR count). The number of nitrogens with two attached hydrogens (primary N) is 1. The SMILES string of the molecule is Cc1ccc(-c2nc3ccccc3n2Cc2ccc([N+](=O)[O-])cc2)cc1N. The molecule has 3 aromatic carbocycles. The molecule has 0 saturated carbocycles. The van der Waals surface area contributed by atoms with Gasteiger partial charge in [0, 0.05) is 29.9 Å². The van der Waals surface area contributed by atoms with Crippen molar-refractivity contribution in [2.75, 3.05) is 5.73 Å². The Hall–Kier alpha value is -3.67. The standard InChI is InChI=1S/C21H18N4O2/c1-14-6-9-16(12-18(14)22)21-23-19-4-2-3-5-20(19)24(21)13-15-7-10-17(11-8-15)25(26)27/h2-12H,13,22H2,1H3. The van der Waals surface area contributed by atoms with E-state index in [0.717, 1.165) is 39.2 Å². The molecule has 1 heterocycles. The van der Waals surface area contributed by atoms with E-state index in [-0.39, 0.29) is 5.69 Å². The number of nitro benzene ring substituents is 1. The third-order valence-corrected chi connectivity index (χ3v) is 4.68. The molecule has 0 radical (unpaired) electrons. The van der Waals surface area contributed by atoms with E-state index in [1.165, 1.54) is 12.1 Å². The lowest BCUT2D eigenvalue weighted by molar-refractivity contribution is -0.384. The summed E-state index contributed by atoms with van der Waals surface area (Å²) >= 11 is 0. The van der Waals surface area contributed by atoms with Crippen LogP contribution in [0.4, 0.5) is 11.4 Å². The van der Waals surface area contributed by atoms with Crippen LogP contribution in [-0.2, 0) is 6.54 Å². The molecule has 134 valence electrons. The molecule has 0 unspecified atom stereocenters. The van der Waals surface area contributed by atoms with Crippen molar-refractivity contribution < 1.29 is 4.92 Å². The number of aryl methyl sites for hydroxylation is 1. The molecule has 6 nitrogen and oxygen atoms in total. The quantitative estimate of drug-likeness (QED) is 0.329. The normalized spacial score (nSPS) is 11.0. The zero-order valence-electron chi connectivity index (χ0n) is 14.8. The fourth-order valence-electron chi connectivity index (χ4n) is 3.14. The molecule has 2 N–H and O–H groups in total. The summed E-state index contributed by atoms with van der Waals surface area (Å²) in [5.41, 5.74) is 11.7. The minimum Gasteiger partial charge on any atom is -0.398 e. The van der Waals surface area contributed by atoms with Crippen molar-refractivity contribution >= 4 is 22.4 Å². The van der Waals surface area contributed by atoms with Gasteiger partial charge in [-0.05, 0) is 36.2 Å². The largest absolute Gasteiger partial charge is 0.398 e. The summed E-state index contributed by atoms with van der Waals surface area (Å²) in [6.45, 7) is 2.53. The van der Waals surface area contributed by atoms with Crippen LogP contribution in [0, 0.1) is 17.0 Å². The maximum atomic E-state index is 10.9. The summed E-state index contributed by atoms with van der Waals surface area (Å²) in [4.78, 5) is 15.3. The van der Waals surface area contributed by atoms with Crippen molar-refractivity contribution in [3.63, 3.8) is 0 Å². The van der Waals surface area contributed by atoms with Crippen molar-refractivity contribution in [3.05, 3.63) is 88.0 Å². The van der Waals surface area contributed by atoms with Gasteiger partial charge in [-0.2, -0.15) is 0 Å². The van der Waals surface area contributed by atoms with Crippen LogP contribution >= 0.6 is 0 Å². The van der Waals surface area contributed by atoms with E-state index >= 15 is 0 Å². The monoisotopic (exact) mass is 358 g/mol. The average molecular weight is 358 g/mol. The van der Waals surface area contributed by atoms with E-state index in [1.807, 2.05) is 49.4 Å². The summed E-state index contributed by atoms with van der Waals surface area (Å²) in [6.07, 6.45) is 0. The van der Waals surface area contributed by atoms with E-state index in [0.29, 0.717) is 6.54 Å². The van der Waals surface area contributed by atoms with Gasteiger partial charge in [0.15, 0.2) is 0 Å². The predicted octanol–water partition coefficient (Wildman–Crippen LogP) is 4.55. The Morgan fingerprint density at radius 1 is 1.07 bits per heavy atom. The molecule has 0 amide bonds. The number of non-ortho nitro benzene ring substituents is 1. The first-order valence-electron chi connectivity index (χ1n) is 8.58. The number of nitrogen functional groups attached to an aromatic ring is 1. The number of fused-ring (bicyclic) bond motifs is 1. The zero-order valence-corrected chi connectivity index (χ0v) is 14.8. The Balaban J connectivity index is 1.82. The predicted molar refractivity (Wildman–Crippen MR) is 107 cm³/mol. The first-order chi connectivity index (χ1) is 13.0. The molecule has 0 saturated heterocycles. The lowest BCUT2D eigenvalue weighted by Gasteiger charge is -2.11. The molecule has 0 spiro atoms. The lowest BCUT2D eigenvalue weighted by atomic mass is 10.1. The fourth-order valence-corrected chi connectivity index (χ4v) is 3.14. The zero-order chi connectivity index (χ0) is 19.0. The van der Waals surface area contributed by atoms with E-state index < -0.39 is 4.92 Å². The van der Waals surface area contributed by atoms with Crippen molar-refractivity contribution in [1.82, 2.24) is 9.55 Å². The number of nitrogens with zero attached hydrogens (tertiary/aromatic N) is 3. The molecule has 4 aromatic rings. The van der Waals surface area contributed by atoms with E-state index in [9.17, 15) is 10.1 Å². The lowest BCUT2D eigenvalue weighted by Crippen LogP contribution is -2.03. The molecule has 0 aliphatic heterocycles. The minimum atomic E-state index is -0.392. The van der Waals surface area contributed by atoms with Crippen LogP contribution in [0.5, 0.6) is 0 Å². The maximum absolute atomic E-state index is 10.9. The average Bonchev–Trinajstić information content (AvgIpc) is 3.03. The Morgan fingerprint density at radius 3 is 2.52 bits per heavy atom. The minimum absolute atomic E-state index is 0.0840. The van der Waals surface area contributed by atoms with Crippen LogP contribution in [0.1, 0.15) is 11.1 Å². The highest BCUT2D eigenvalue weighted by atomic mass is 16.6. The van der Waals surface area contributed by atoms with Gasteiger partial charge in [0.05, 0.1) is 16.0 Å². The molecule has 0 atom stereocenters. The number of benzene rings is 3. The molecule has 6 heteroatoms. The number of para-hydroxylation sites is 2. The molecule has 0 aliphatic rings. The van der Waals surface area contributed by atoms with Gasteiger partial charge in [-0.15, -0.1) is 0 Å². The Kier molecular flexibility index (Phi) is 4.08. The summed E-state index contributed by atoms with van der Waals surface area (Å²) < 4.78 is 2.11. The number of nitro groups is 1. The van der Waals surface area contributed by atoms with Crippen molar-refractivity contribution in [2.24, 2.45) is 0 Å². The summed E-state index contributed by atoms with van der Waals surface area (Å²) in [5.74, 6) is 0.821. The van der Waals surface area contributed by atoms with E-state index in [2.05, 4.69) is 4.57 Å². The summed E-state index contributed by atoms with van der Waals surface area (Å²) in [7, 11) is 0. The van der Waals surface area contributed by atoms with Gasteiger partial charge in [0.25, 0.3) is 5.69 Å². The molecule has 0 aliphatic carbocycles. The highest BCUT2D eigenvalue weighted by Gasteiger charge is 2.14. The molecule has 1 aromatic heterocycles. The second-order valence-corrected chi connectivity index (χ2v) is 6.51. The number of imidazole rings is 1. The van der Waals surface area contributed by atoms with Crippen LogP contribution < -0.4 is 5.73 Å². The third-order valence-electron chi connectivity index (χ3n) is 4.68. The Morgan fingerprint density at radius 2 is 1.81 bits per heavy atom. The van der Waals surface area contributed by atoms with Crippen LogP contribution in [0.25, 0.3) is 22.4 Å². The van der Waals surface area contributed by atoms with Crippen LogP contribution in [0.3, 0.4) is 0 Å². The first kappa shape index (κ1) is 16.8. The third kappa shape index (κ3) is 3.13. The highest BCUT2D eigenvalue weighted by molar-refractivity contribution is 5.81. The number of rotatable bonds is 4. The van der Waals surface area contributed by atoms with E-state index in [4.69, 9.17) is 10.7 Å².